The molecule has 22 heavy (non-hydrogen) atoms. The average Bonchev–Trinajstić information content (AvgIpc) is 2.44. The van der Waals surface area contributed by atoms with E-state index in [0.29, 0.717) is 11.5 Å². The molecule has 6 heteroatoms. The molecule has 0 amide bonds. The number of ether oxygens (including phenoxy) is 1. The first-order chi connectivity index (χ1) is 10.5. The lowest BCUT2D eigenvalue weighted by atomic mass is 10.2. The van der Waals surface area contributed by atoms with Gasteiger partial charge in [-0.25, -0.2) is 9.78 Å². The molecule has 0 radical (unpaired) electrons. The molecule has 5 nitrogen and oxygen atoms in total. The highest BCUT2D eigenvalue weighted by molar-refractivity contribution is 6.28. The number of carbonyl (C=O) groups excluding carboxylic acids is 1. The maximum Gasteiger partial charge on any atom is 0.343 e. The van der Waals surface area contributed by atoms with Gasteiger partial charge in [0.05, 0.1) is 12.3 Å². The van der Waals surface area contributed by atoms with Gasteiger partial charge in [0, 0.05) is 5.70 Å². The van der Waals surface area contributed by atoms with Gasteiger partial charge in [0.2, 0.25) is 5.28 Å². The molecule has 0 saturated carbocycles. The minimum absolute atomic E-state index is 0.0684. The second-order valence-electron chi connectivity index (χ2n) is 4.29. The summed E-state index contributed by atoms with van der Waals surface area (Å²) >= 11 is 5.90. The van der Waals surface area contributed by atoms with Gasteiger partial charge in [0.25, 0.3) is 0 Å². The molecule has 0 bridgehead atoms. The van der Waals surface area contributed by atoms with Crippen molar-refractivity contribution < 1.29 is 9.53 Å². The van der Waals surface area contributed by atoms with Crippen molar-refractivity contribution in [2.24, 2.45) is 0 Å². The van der Waals surface area contributed by atoms with Gasteiger partial charge in [-0.05, 0) is 51.4 Å². The van der Waals surface area contributed by atoms with E-state index in [1.54, 1.807) is 13.8 Å². The van der Waals surface area contributed by atoms with E-state index in [1.165, 1.54) is 0 Å². The minimum Gasteiger partial charge on any atom is -0.462 e. The number of carbonyl (C=O) groups is 1. The standard InChI is InChI=1S/C16H20ClN3O2/c1-5-8-10-12(9-6-2)19-14-13(15(21)22-7-3)11(4)18-16(17)20-14/h5-6,8-10H,7H2,1-4H3,(H,18,19,20)/b8-5-,9-6-,12-10+. The van der Waals surface area contributed by atoms with Crippen molar-refractivity contribution in [1.82, 2.24) is 9.97 Å². The van der Waals surface area contributed by atoms with Crippen LogP contribution in [-0.4, -0.2) is 22.5 Å². The zero-order valence-corrected chi connectivity index (χ0v) is 13.9. The Labute approximate surface area is 135 Å². The number of rotatable bonds is 6. The van der Waals surface area contributed by atoms with Gasteiger partial charge in [-0.15, -0.1) is 0 Å². The Balaban J connectivity index is 3.29. The third-order valence-electron chi connectivity index (χ3n) is 2.62. The number of halogens is 1. The van der Waals surface area contributed by atoms with Gasteiger partial charge in [-0.2, -0.15) is 4.98 Å². The normalized spacial score (nSPS) is 12.1. The van der Waals surface area contributed by atoms with Crippen molar-refractivity contribution in [2.75, 3.05) is 11.9 Å². The average molecular weight is 322 g/mol. The number of esters is 1. The van der Waals surface area contributed by atoms with E-state index >= 15 is 0 Å². The van der Waals surface area contributed by atoms with Crippen molar-refractivity contribution in [3.63, 3.8) is 0 Å². The summed E-state index contributed by atoms with van der Waals surface area (Å²) in [5, 5.41) is 3.16. The molecule has 0 aliphatic carbocycles. The first kappa shape index (κ1) is 17.9. The molecule has 1 N–H and O–H groups in total. The van der Waals surface area contributed by atoms with Gasteiger partial charge < -0.3 is 10.1 Å². The lowest BCUT2D eigenvalue weighted by Crippen LogP contribution is -2.14. The zero-order chi connectivity index (χ0) is 16.5. The third kappa shape index (κ3) is 5.00. The Hall–Kier alpha value is -2.14. The largest absolute Gasteiger partial charge is 0.462 e. The molecular weight excluding hydrogens is 302 g/mol. The second kappa shape index (κ2) is 9.00. The van der Waals surface area contributed by atoms with Crippen LogP contribution in [0.5, 0.6) is 0 Å². The topological polar surface area (TPSA) is 64.1 Å². The Morgan fingerprint density at radius 1 is 1.32 bits per heavy atom. The van der Waals surface area contributed by atoms with Crippen molar-refractivity contribution in [2.45, 2.75) is 27.7 Å². The van der Waals surface area contributed by atoms with E-state index in [2.05, 4.69) is 15.3 Å². The fourth-order valence-corrected chi connectivity index (χ4v) is 1.94. The number of hydrogen-bond acceptors (Lipinski definition) is 5. The van der Waals surface area contributed by atoms with Crippen LogP contribution >= 0.6 is 11.6 Å². The zero-order valence-electron chi connectivity index (χ0n) is 13.2. The number of allylic oxidation sites excluding steroid dienone is 5. The molecule has 1 aromatic rings. The number of aryl methyl sites for hydroxylation is 1. The fourth-order valence-electron chi connectivity index (χ4n) is 1.73. The van der Waals surface area contributed by atoms with Crippen LogP contribution < -0.4 is 5.32 Å². The second-order valence-corrected chi connectivity index (χ2v) is 4.63. The Morgan fingerprint density at radius 3 is 2.64 bits per heavy atom. The molecule has 0 aliphatic heterocycles. The van der Waals surface area contributed by atoms with Crippen LogP contribution in [0.25, 0.3) is 0 Å². The maximum absolute atomic E-state index is 12.1. The number of nitrogens with one attached hydrogen (secondary N) is 1. The number of anilines is 1. The van der Waals surface area contributed by atoms with Crippen LogP contribution in [0.1, 0.15) is 36.8 Å². The van der Waals surface area contributed by atoms with Crippen LogP contribution in [0.15, 0.2) is 36.1 Å². The van der Waals surface area contributed by atoms with Gasteiger partial charge in [-0.1, -0.05) is 18.2 Å². The Kier molecular flexibility index (Phi) is 7.32. The fraction of sp³-hybridized carbons (Fsp3) is 0.312. The summed E-state index contributed by atoms with van der Waals surface area (Å²) < 4.78 is 5.06. The van der Waals surface area contributed by atoms with Crippen LogP contribution in [-0.2, 0) is 4.74 Å². The molecule has 0 saturated heterocycles. The number of nitrogens with zero attached hydrogens (tertiary/aromatic N) is 2. The van der Waals surface area contributed by atoms with Crippen LogP contribution in [0, 0.1) is 6.92 Å². The summed E-state index contributed by atoms with van der Waals surface area (Å²) in [7, 11) is 0. The highest BCUT2D eigenvalue weighted by Crippen LogP contribution is 2.21. The molecule has 0 unspecified atom stereocenters. The summed E-state index contributed by atoms with van der Waals surface area (Å²) in [4.78, 5) is 20.2. The van der Waals surface area contributed by atoms with Crippen LogP contribution in [0.4, 0.5) is 5.82 Å². The minimum atomic E-state index is -0.481. The van der Waals surface area contributed by atoms with Crippen molar-refractivity contribution in [3.05, 3.63) is 52.6 Å². The first-order valence-electron chi connectivity index (χ1n) is 6.97. The van der Waals surface area contributed by atoms with Gasteiger partial charge in [0.15, 0.2) is 0 Å². The summed E-state index contributed by atoms with van der Waals surface area (Å²) in [5.74, 6) is -0.158. The van der Waals surface area contributed by atoms with Gasteiger partial charge >= 0.3 is 5.97 Å². The molecule has 0 spiro atoms. The predicted octanol–water partition coefficient (Wildman–Crippen LogP) is 4.06. The van der Waals surface area contributed by atoms with E-state index in [1.807, 2.05) is 44.2 Å². The summed E-state index contributed by atoms with van der Waals surface area (Å²) in [5.41, 5.74) is 1.51. The van der Waals surface area contributed by atoms with E-state index in [4.69, 9.17) is 16.3 Å². The predicted molar refractivity (Wildman–Crippen MR) is 89.1 cm³/mol. The number of hydrogen-bond donors (Lipinski definition) is 1. The molecule has 0 aromatic carbocycles. The summed E-state index contributed by atoms with van der Waals surface area (Å²) in [6.45, 7) is 7.52. The molecule has 1 aromatic heterocycles. The van der Waals surface area contributed by atoms with Crippen molar-refractivity contribution in [3.8, 4) is 0 Å². The maximum atomic E-state index is 12.1. The smallest absolute Gasteiger partial charge is 0.343 e. The third-order valence-corrected chi connectivity index (χ3v) is 2.79. The Bertz CT molecular complexity index is 622. The first-order valence-corrected chi connectivity index (χ1v) is 7.35. The molecule has 1 heterocycles. The highest BCUT2D eigenvalue weighted by atomic mass is 35.5. The summed E-state index contributed by atoms with van der Waals surface area (Å²) in [6, 6.07) is 0. The lowest BCUT2D eigenvalue weighted by Gasteiger charge is -2.13. The SMILES string of the molecule is C\C=C/C=C(\C=C/C)Nc1nc(Cl)nc(C)c1C(=O)OCC. The van der Waals surface area contributed by atoms with Crippen molar-refractivity contribution >= 4 is 23.4 Å². The van der Waals surface area contributed by atoms with Crippen LogP contribution in [0.3, 0.4) is 0 Å². The van der Waals surface area contributed by atoms with E-state index < -0.39 is 5.97 Å². The monoisotopic (exact) mass is 321 g/mol. The molecule has 0 aliphatic rings. The van der Waals surface area contributed by atoms with E-state index in [0.717, 1.165) is 5.70 Å². The van der Waals surface area contributed by atoms with Crippen LogP contribution in [0.2, 0.25) is 5.28 Å². The van der Waals surface area contributed by atoms with Crippen molar-refractivity contribution in [1.29, 1.82) is 0 Å². The molecule has 0 atom stereocenters. The molecule has 0 fully saturated rings. The van der Waals surface area contributed by atoms with Gasteiger partial charge in [-0.3, -0.25) is 0 Å². The van der Waals surface area contributed by atoms with E-state index in [9.17, 15) is 4.79 Å². The quantitative estimate of drug-likeness (QED) is 0.486. The highest BCUT2D eigenvalue weighted by Gasteiger charge is 2.19. The number of aromatic nitrogens is 2. The molecule has 1 rings (SSSR count). The molecule has 118 valence electrons. The molecular formula is C16H20ClN3O2. The lowest BCUT2D eigenvalue weighted by molar-refractivity contribution is 0.0525. The Morgan fingerprint density at radius 2 is 2.05 bits per heavy atom. The van der Waals surface area contributed by atoms with Gasteiger partial charge in [0.1, 0.15) is 11.4 Å². The van der Waals surface area contributed by atoms with E-state index in [-0.39, 0.29) is 17.5 Å². The summed E-state index contributed by atoms with van der Waals surface area (Å²) in [6.07, 6.45) is 9.38.